The van der Waals surface area contributed by atoms with E-state index in [-0.39, 0.29) is 11.4 Å². The summed E-state index contributed by atoms with van der Waals surface area (Å²) in [4.78, 5) is 13.9. The van der Waals surface area contributed by atoms with Crippen molar-refractivity contribution in [3.8, 4) is 11.6 Å². The second kappa shape index (κ2) is 4.05. The van der Waals surface area contributed by atoms with Crippen LogP contribution in [0.25, 0.3) is 5.69 Å². The molecule has 2 aromatic heterocycles. The summed E-state index contributed by atoms with van der Waals surface area (Å²) < 4.78 is 1.81. The van der Waals surface area contributed by atoms with E-state index in [1.54, 1.807) is 6.92 Å². The van der Waals surface area contributed by atoms with Crippen LogP contribution in [0.2, 0.25) is 0 Å². The zero-order valence-corrected chi connectivity index (χ0v) is 10.1. The van der Waals surface area contributed by atoms with Crippen LogP contribution in [0.15, 0.2) is 29.3 Å². The van der Waals surface area contributed by atoms with Gasteiger partial charge >= 0.3 is 0 Å². The van der Waals surface area contributed by atoms with Gasteiger partial charge < -0.3 is 5.11 Å². The van der Waals surface area contributed by atoms with Crippen molar-refractivity contribution < 1.29 is 9.67 Å². The molecule has 17 heavy (non-hydrogen) atoms. The lowest BCUT2D eigenvalue weighted by atomic mass is 10.1. The number of aromatic hydroxyl groups is 1. The van der Waals surface area contributed by atoms with Gasteiger partial charge in [0.1, 0.15) is 0 Å². The van der Waals surface area contributed by atoms with Crippen molar-refractivity contribution in [1.82, 2.24) is 4.98 Å². The minimum absolute atomic E-state index is 0.103. The topological polar surface area (TPSA) is 57.0 Å². The third kappa shape index (κ3) is 1.93. The zero-order valence-electron chi connectivity index (χ0n) is 10.1. The van der Waals surface area contributed by atoms with Crippen molar-refractivity contribution in [2.75, 3.05) is 0 Å². The van der Waals surface area contributed by atoms with E-state index in [0.29, 0.717) is 11.3 Å². The largest absolute Gasteiger partial charge is 0.490 e. The third-order valence-electron chi connectivity index (χ3n) is 2.92. The van der Waals surface area contributed by atoms with Crippen LogP contribution in [0.3, 0.4) is 0 Å². The highest BCUT2D eigenvalue weighted by atomic mass is 16.3. The van der Waals surface area contributed by atoms with Crippen LogP contribution in [0.1, 0.15) is 16.7 Å². The number of rotatable bonds is 1. The molecule has 0 unspecified atom stereocenters. The van der Waals surface area contributed by atoms with Crippen LogP contribution in [0, 0.1) is 20.8 Å². The number of aryl methyl sites for hydroxylation is 1. The van der Waals surface area contributed by atoms with Gasteiger partial charge in [-0.3, -0.25) is 9.78 Å². The highest BCUT2D eigenvalue weighted by Gasteiger charge is 2.19. The Balaban J connectivity index is 2.76. The monoisotopic (exact) mass is 231 g/mol. The number of aromatic amines is 1. The Hall–Kier alpha value is -2.10. The van der Waals surface area contributed by atoms with Crippen molar-refractivity contribution in [2.24, 2.45) is 0 Å². The van der Waals surface area contributed by atoms with Gasteiger partial charge in [0, 0.05) is 22.8 Å². The molecule has 2 N–H and O–H groups in total. The molecule has 0 atom stereocenters. The van der Waals surface area contributed by atoms with E-state index in [1.807, 2.05) is 42.9 Å². The van der Waals surface area contributed by atoms with Crippen LogP contribution in [-0.2, 0) is 0 Å². The maximum atomic E-state index is 11.5. The molecular weight excluding hydrogens is 216 g/mol. The van der Waals surface area contributed by atoms with Crippen molar-refractivity contribution in [3.05, 3.63) is 51.6 Å². The first-order valence-corrected chi connectivity index (χ1v) is 5.41. The van der Waals surface area contributed by atoms with Gasteiger partial charge in [0.25, 0.3) is 17.1 Å². The molecule has 88 valence electrons. The molecule has 0 radical (unpaired) electrons. The predicted octanol–water partition coefficient (Wildman–Crippen LogP) is 1.28. The van der Waals surface area contributed by atoms with E-state index >= 15 is 0 Å². The molecule has 4 nitrogen and oxygen atoms in total. The number of aromatic nitrogens is 2. The summed E-state index contributed by atoms with van der Waals surface area (Å²) in [7, 11) is 0. The molecule has 0 bridgehead atoms. The van der Waals surface area contributed by atoms with Crippen molar-refractivity contribution >= 4 is 0 Å². The summed E-state index contributed by atoms with van der Waals surface area (Å²) in [6.07, 6.45) is 3.74. The van der Waals surface area contributed by atoms with Crippen molar-refractivity contribution in [2.45, 2.75) is 20.8 Å². The third-order valence-corrected chi connectivity index (χ3v) is 2.92. The predicted molar refractivity (Wildman–Crippen MR) is 64.5 cm³/mol. The molecule has 0 aliphatic heterocycles. The molecule has 2 aromatic rings. The normalized spacial score (nSPS) is 10.5. The van der Waals surface area contributed by atoms with E-state index in [4.69, 9.17) is 0 Å². The lowest BCUT2D eigenvalue weighted by Gasteiger charge is -2.05. The van der Waals surface area contributed by atoms with Crippen molar-refractivity contribution in [3.63, 3.8) is 0 Å². The van der Waals surface area contributed by atoms with E-state index in [9.17, 15) is 9.90 Å². The molecule has 0 fully saturated rings. The number of hydrogen-bond donors (Lipinski definition) is 2. The summed E-state index contributed by atoms with van der Waals surface area (Å²) >= 11 is 0. The first kappa shape index (κ1) is 11.4. The highest BCUT2D eigenvalue weighted by Crippen LogP contribution is 2.17. The Morgan fingerprint density at radius 2 is 1.94 bits per heavy atom. The smallest absolute Gasteiger partial charge is 0.274 e. The molecular formula is C13H15N2O2+. The summed E-state index contributed by atoms with van der Waals surface area (Å²) in [6, 6.07) is 3.87. The lowest BCUT2D eigenvalue weighted by molar-refractivity contribution is -0.597. The van der Waals surface area contributed by atoms with Gasteiger partial charge in [-0.1, -0.05) is 0 Å². The molecule has 0 aliphatic rings. The standard InChI is InChI=1S/C13H14N2O2/c1-8-5-4-6-15(7-8)11-9(2)10(3)12(16)14-13(11)17/h4-7H,1-3H3,(H-,14,16,17)/p+1. The summed E-state index contributed by atoms with van der Waals surface area (Å²) in [5.41, 5.74) is 2.84. The Kier molecular flexibility index (Phi) is 2.71. The minimum atomic E-state index is -0.253. The van der Waals surface area contributed by atoms with Gasteiger partial charge in [-0.2, -0.15) is 4.57 Å². The van der Waals surface area contributed by atoms with Crippen LogP contribution in [-0.4, -0.2) is 10.1 Å². The zero-order chi connectivity index (χ0) is 12.6. The van der Waals surface area contributed by atoms with E-state index in [0.717, 1.165) is 11.1 Å². The molecule has 0 aliphatic carbocycles. The fraction of sp³-hybridized carbons (Fsp3) is 0.231. The number of H-pyrrole nitrogens is 1. The second-order valence-electron chi connectivity index (χ2n) is 4.19. The SMILES string of the molecule is Cc1ccc[n+](-c2c(O)[nH]c(=O)c(C)c2C)c1. The highest BCUT2D eigenvalue weighted by molar-refractivity contribution is 5.44. The summed E-state index contributed by atoms with van der Waals surface area (Å²) in [5.74, 6) is -0.103. The fourth-order valence-corrected chi connectivity index (χ4v) is 1.83. The van der Waals surface area contributed by atoms with Gasteiger partial charge in [-0.05, 0) is 26.8 Å². The maximum Gasteiger partial charge on any atom is 0.274 e. The molecule has 0 saturated heterocycles. The van der Waals surface area contributed by atoms with Crippen LogP contribution >= 0.6 is 0 Å². The summed E-state index contributed by atoms with van der Waals surface area (Å²) in [5, 5.41) is 9.86. The molecule has 0 amide bonds. The Morgan fingerprint density at radius 3 is 2.59 bits per heavy atom. The van der Waals surface area contributed by atoms with Gasteiger partial charge in [-0.25, -0.2) is 0 Å². The van der Waals surface area contributed by atoms with E-state index in [2.05, 4.69) is 4.98 Å². The summed E-state index contributed by atoms with van der Waals surface area (Å²) in [6.45, 7) is 5.55. The number of nitrogens with one attached hydrogen (secondary N) is 1. The first-order chi connectivity index (χ1) is 8.00. The fourth-order valence-electron chi connectivity index (χ4n) is 1.83. The molecule has 0 spiro atoms. The van der Waals surface area contributed by atoms with E-state index < -0.39 is 0 Å². The molecule has 4 heteroatoms. The Morgan fingerprint density at radius 1 is 1.24 bits per heavy atom. The van der Waals surface area contributed by atoms with Crippen molar-refractivity contribution in [1.29, 1.82) is 0 Å². The average Bonchev–Trinajstić information content (AvgIpc) is 2.26. The average molecular weight is 231 g/mol. The lowest BCUT2D eigenvalue weighted by Crippen LogP contribution is -2.33. The first-order valence-electron chi connectivity index (χ1n) is 5.41. The number of pyridine rings is 2. The van der Waals surface area contributed by atoms with Gasteiger partial charge in [-0.15, -0.1) is 0 Å². The Labute approximate surface area is 99.2 Å². The van der Waals surface area contributed by atoms with Crippen LogP contribution in [0.5, 0.6) is 5.88 Å². The van der Waals surface area contributed by atoms with Gasteiger partial charge in [0.05, 0.1) is 0 Å². The molecule has 0 saturated carbocycles. The van der Waals surface area contributed by atoms with E-state index in [1.165, 1.54) is 0 Å². The molecule has 2 heterocycles. The Bertz CT molecular complexity index is 630. The minimum Gasteiger partial charge on any atom is -0.490 e. The number of hydrogen-bond acceptors (Lipinski definition) is 2. The van der Waals surface area contributed by atoms with Gasteiger partial charge in [0.15, 0.2) is 12.4 Å². The van der Waals surface area contributed by atoms with Crippen LogP contribution < -0.4 is 10.1 Å². The molecule has 2 rings (SSSR count). The second-order valence-corrected chi connectivity index (χ2v) is 4.19. The van der Waals surface area contributed by atoms with Crippen LogP contribution in [0.4, 0.5) is 0 Å². The molecule has 0 aromatic carbocycles. The van der Waals surface area contributed by atoms with Gasteiger partial charge in [0.2, 0.25) is 0 Å². The quantitative estimate of drug-likeness (QED) is 0.726. The maximum absolute atomic E-state index is 11.5. The number of nitrogens with zero attached hydrogens (tertiary/aromatic N) is 1.